The normalized spacial score (nSPS) is 19.7. The van der Waals surface area contributed by atoms with Crippen LogP contribution in [0, 0.1) is 6.92 Å². The van der Waals surface area contributed by atoms with Gasteiger partial charge in [0.25, 0.3) is 5.91 Å². The molecule has 2 aromatic rings. The van der Waals surface area contributed by atoms with Crippen LogP contribution in [0.2, 0.25) is 0 Å². The summed E-state index contributed by atoms with van der Waals surface area (Å²) < 4.78 is 13.6. The molecular weight excluding hydrogens is 346 g/mol. The molecule has 8 nitrogen and oxygen atoms in total. The fraction of sp³-hybridized carbons (Fsp3) is 0.526. The molecule has 0 aliphatic carbocycles. The van der Waals surface area contributed by atoms with Gasteiger partial charge in [0.15, 0.2) is 23.3 Å². The van der Waals surface area contributed by atoms with Crippen molar-refractivity contribution in [3.8, 4) is 11.5 Å². The third kappa shape index (κ3) is 3.62. The molecule has 1 fully saturated rings. The van der Waals surface area contributed by atoms with Crippen LogP contribution in [0.3, 0.4) is 0 Å². The van der Waals surface area contributed by atoms with Gasteiger partial charge in [-0.2, -0.15) is 0 Å². The molecule has 1 unspecified atom stereocenters. The molecule has 1 aromatic carbocycles. The third-order valence-corrected chi connectivity index (χ3v) is 5.18. The predicted octanol–water partition coefficient (Wildman–Crippen LogP) is 1.42. The lowest BCUT2D eigenvalue weighted by Gasteiger charge is -2.29. The van der Waals surface area contributed by atoms with Crippen LogP contribution in [-0.2, 0) is 0 Å². The highest BCUT2D eigenvalue weighted by Gasteiger charge is 2.28. The summed E-state index contributed by atoms with van der Waals surface area (Å²) in [6, 6.07) is 7.87. The molecule has 3 heterocycles. The number of ether oxygens (including phenoxy) is 2. The second-order valence-electron chi connectivity index (χ2n) is 7.13. The van der Waals surface area contributed by atoms with Gasteiger partial charge < -0.3 is 19.7 Å². The van der Waals surface area contributed by atoms with Gasteiger partial charge in [-0.15, -0.1) is 5.10 Å². The van der Waals surface area contributed by atoms with Crippen molar-refractivity contribution >= 4 is 5.91 Å². The number of carbonyl (C=O) groups excluding carboxylic acids is 1. The Morgan fingerprint density at radius 3 is 2.81 bits per heavy atom. The van der Waals surface area contributed by atoms with Crippen LogP contribution in [-0.4, -0.2) is 65.2 Å². The fourth-order valence-corrected chi connectivity index (χ4v) is 3.66. The molecule has 8 heteroatoms. The van der Waals surface area contributed by atoms with Crippen LogP contribution in [0.4, 0.5) is 0 Å². The molecule has 1 amide bonds. The van der Waals surface area contributed by atoms with E-state index in [4.69, 9.17) is 9.47 Å². The lowest BCUT2D eigenvalue weighted by molar-refractivity contribution is 0.0517. The van der Waals surface area contributed by atoms with Gasteiger partial charge in [-0.1, -0.05) is 17.3 Å². The first-order chi connectivity index (χ1) is 13.1. The number of nitrogens with one attached hydrogen (secondary N) is 1. The average Bonchev–Trinajstić information content (AvgIpc) is 3.09. The summed E-state index contributed by atoms with van der Waals surface area (Å²) in [4.78, 5) is 14.5. The third-order valence-electron chi connectivity index (χ3n) is 5.18. The zero-order chi connectivity index (χ0) is 18.8. The second-order valence-corrected chi connectivity index (χ2v) is 7.13. The molecule has 1 saturated heterocycles. The van der Waals surface area contributed by atoms with E-state index in [1.54, 1.807) is 11.9 Å². The number of nitrogens with zero attached hydrogens (tertiary/aromatic N) is 4. The van der Waals surface area contributed by atoms with E-state index < -0.39 is 0 Å². The number of benzene rings is 1. The Hall–Kier alpha value is -2.61. The molecule has 0 saturated carbocycles. The van der Waals surface area contributed by atoms with Crippen molar-refractivity contribution in [2.75, 3.05) is 33.3 Å². The number of likely N-dealkylation sites (N-methyl/N-ethyl adjacent to an activating group) is 1. The van der Waals surface area contributed by atoms with Gasteiger partial charge in [0.2, 0.25) is 0 Å². The van der Waals surface area contributed by atoms with Crippen LogP contribution < -0.4 is 14.8 Å². The Labute approximate surface area is 158 Å². The fourth-order valence-electron chi connectivity index (χ4n) is 3.66. The monoisotopic (exact) mass is 371 g/mol. The Morgan fingerprint density at radius 1 is 1.30 bits per heavy atom. The lowest BCUT2D eigenvalue weighted by Crippen LogP contribution is -2.42. The summed E-state index contributed by atoms with van der Waals surface area (Å²) in [5.74, 6) is 1.31. The van der Waals surface area contributed by atoms with Crippen molar-refractivity contribution < 1.29 is 14.3 Å². The molecule has 0 radical (unpaired) electrons. The van der Waals surface area contributed by atoms with Gasteiger partial charge in [-0.3, -0.25) is 4.79 Å². The number of hydrogen-bond donors (Lipinski definition) is 1. The minimum Gasteiger partial charge on any atom is -0.486 e. The number of rotatable bonds is 4. The molecule has 0 spiro atoms. The Kier molecular flexibility index (Phi) is 4.98. The van der Waals surface area contributed by atoms with Crippen molar-refractivity contribution in [3.05, 3.63) is 35.7 Å². The van der Waals surface area contributed by atoms with E-state index >= 15 is 0 Å². The van der Waals surface area contributed by atoms with Crippen molar-refractivity contribution in [2.24, 2.45) is 0 Å². The van der Waals surface area contributed by atoms with Crippen molar-refractivity contribution in [2.45, 2.75) is 31.9 Å². The maximum Gasteiger partial charge on any atom is 0.276 e. The van der Waals surface area contributed by atoms with E-state index in [0.29, 0.717) is 30.6 Å². The molecule has 2 aliphatic rings. The molecule has 27 heavy (non-hydrogen) atoms. The molecule has 0 bridgehead atoms. The van der Waals surface area contributed by atoms with Gasteiger partial charge in [0.1, 0.15) is 6.61 Å². The van der Waals surface area contributed by atoms with Crippen LogP contribution in [0.5, 0.6) is 11.5 Å². The zero-order valence-corrected chi connectivity index (χ0v) is 15.7. The van der Waals surface area contributed by atoms with Crippen LogP contribution in [0.25, 0.3) is 0 Å². The molecule has 2 aliphatic heterocycles. The quantitative estimate of drug-likeness (QED) is 0.876. The van der Waals surface area contributed by atoms with Gasteiger partial charge in [0.05, 0.1) is 18.3 Å². The number of carbonyl (C=O) groups is 1. The molecular formula is C19H25N5O3. The number of piperidine rings is 1. The van der Waals surface area contributed by atoms with E-state index in [1.807, 2.05) is 35.9 Å². The summed E-state index contributed by atoms with van der Waals surface area (Å²) in [7, 11) is 1.76. The summed E-state index contributed by atoms with van der Waals surface area (Å²) in [5, 5.41) is 11.8. The van der Waals surface area contributed by atoms with E-state index in [9.17, 15) is 4.79 Å². The SMILES string of the molecule is Cc1c(C(=O)N(C)CC2COc3ccccc3O2)nnn1C1CCNCC1. The highest BCUT2D eigenvalue weighted by atomic mass is 16.6. The first kappa shape index (κ1) is 17.8. The maximum atomic E-state index is 12.9. The number of aromatic nitrogens is 3. The van der Waals surface area contributed by atoms with E-state index in [2.05, 4.69) is 15.6 Å². The van der Waals surface area contributed by atoms with Crippen LogP contribution >= 0.6 is 0 Å². The maximum absolute atomic E-state index is 12.9. The second kappa shape index (κ2) is 7.56. The number of amides is 1. The molecule has 1 N–H and O–H groups in total. The van der Waals surface area contributed by atoms with Gasteiger partial charge in [0, 0.05) is 7.05 Å². The first-order valence-electron chi connectivity index (χ1n) is 9.40. The molecule has 1 aromatic heterocycles. The van der Waals surface area contributed by atoms with Crippen molar-refractivity contribution in [1.29, 1.82) is 0 Å². The summed E-state index contributed by atoms with van der Waals surface area (Å²) in [6.07, 6.45) is 1.79. The predicted molar refractivity (Wildman–Crippen MR) is 99.2 cm³/mol. The highest BCUT2D eigenvalue weighted by molar-refractivity contribution is 5.93. The Balaban J connectivity index is 1.42. The van der Waals surface area contributed by atoms with Crippen LogP contribution in [0.1, 0.15) is 35.1 Å². The van der Waals surface area contributed by atoms with Crippen molar-refractivity contribution in [3.63, 3.8) is 0 Å². The van der Waals surface area contributed by atoms with Crippen molar-refractivity contribution in [1.82, 2.24) is 25.2 Å². The summed E-state index contributed by atoms with van der Waals surface area (Å²) in [6.45, 7) is 4.68. The number of fused-ring (bicyclic) bond motifs is 1. The zero-order valence-electron chi connectivity index (χ0n) is 15.7. The van der Waals surface area contributed by atoms with E-state index in [0.717, 1.165) is 37.4 Å². The topological polar surface area (TPSA) is 81.5 Å². The molecule has 1 atom stereocenters. The summed E-state index contributed by atoms with van der Waals surface area (Å²) >= 11 is 0. The summed E-state index contributed by atoms with van der Waals surface area (Å²) in [5.41, 5.74) is 1.23. The van der Waals surface area contributed by atoms with Gasteiger partial charge >= 0.3 is 0 Å². The Morgan fingerprint density at radius 2 is 2.04 bits per heavy atom. The lowest BCUT2D eigenvalue weighted by atomic mass is 10.1. The van der Waals surface area contributed by atoms with Gasteiger partial charge in [-0.05, 0) is 45.0 Å². The largest absolute Gasteiger partial charge is 0.486 e. The minimum absolute atomic E-state index is 0.143. The number of hydrogen-bond acceptors (Lipinski definition) is 6. The van der Waals surface area contributed by atoms with Gasteiger partial charge in [-0.25, -0.2) is 4.68 Å². The Bertz CT molecular complexity index is 815. The molecule has 144 valence electrons. The highest BCUT2D eigenvalue weighted by Crippen LogP contribution is 2.31. The first-order valence-corrected chi connectivity index (χ1v) is 9.40. The smallest absolute Gasteiger partial charge is 0.276 e. The van der Waals surface area contributed by atoms with E-state index in [1.165, 1.54) is 0 Å². The number of para-hydroxylation sites is 2. The van der Waals surface area contributed by atoms with Crippen LogP contribution in [0.15, 0.2) is 24.3 Å². The molecule has 4 rings (SSSR count). The standard InChI is InChI=1S/C19H25N5O3/c1-13-18(21-22-24(13)14-7-9-20-10-8-14)19(25)23(2)11-15-12-26-16-5-3-4-6-17(16)27-15/h3-6,14-15,20H,7-12H2,1-2H3. The average molecular weight is 371 g/mol. The van der Waals surface area contributed by atoms with E-state index in [-0.39, 0.29) is 12.0 Å². The minimum atomic E-state index is -0.214.